The number of ether oxygens (including phenoxy) is 1. The number of aromatic nitrogens is 1. The number of hydrogen-bond acceptors (Lipinski definition) is 5. The van der Waals surface area contributed by atoms with E-state index in [2.05, 4.69) is 9.72 Å². The molecular formula is C14H12N2O3. The summed E-state index contributed by atoms with van der Waals surface area (Å²) < 4.78 is 4.56. The molecule has 5 nitrogen and oxygen atoms in total. The normalized spacial score (nSPS) is 10.2. The number of aromatic hydroxyl groups is 1. The molecule has 0 fully saturated rings. The van der Waals surface area contributed by atoms with Crippen LogP contribution in [0.2, 0.25) is 0 Å². The molecule has 1 aromatic carbocycles. The van der Waals surface area contributed by atoms with Crippen molar-refractivity contribution in [2.24, 2.45) is 0 Å². The minimum absolute atomic E-state index is 0.0201. The second-order valence-electron chi connectivity index (χ2n) is 4.02. The molecule has 0 saturated carbocycles. The maximum absolute atomic E-state index is 11.5. The fraction of sp³-hybridized carbons (Fsp3) is 0.214. The molecule has 0 radical (unpaired) electrons. The van der Waals surface area contributed by atoms with Gasteiger partial charge in [0.1, 0.15) is 11.8 Å². The number of aryl methyl sites for hydroxylation is 1. The number of esters is 1. The number of fused-ring (bicyclic) bond motifs is 1. The molecule has 1 N–H and O–H groups in total. The van der Waals surface area contributed by atoms with Crippen molar-refractivity contribution in [1.29, 1.82) is 5.26 Å². The Morgan fingerprint density at radius 3 is 2.79 bits per heavy atom. The van der Waals surface area contributed by atoms with Crippen LogP contribution >= 0.6 is 0 Å². The van der Waals surface area contributed by atoms with Crippen molar-refractivity contribution in [3.63, 3.8) is 0 Å². The highest BCUT2D eigenvalue weighted by Gasteiger charge is 2.15. The Labute approximate surface area is 110 Å². The van der Waals surface area contributed by atoms with E-state index in [0.717, 1.165) is 12.0 Å². The first-order chi connectivity index (χ1) is 9.10. The summed E-state index contributed by atoms with van der Waals surface area (Å²) in [6.45, 7) is 1.95. The lowest BCUT2D eigenvalue weighted by Gasteiger charge is -2.07. The first-order valence-corrected chi connectivity index (χ1v) is 5.75. The second-order valence-corrected chi connectivity index (χ2v) is 4.02. The largest absolute Gasteiger partial charge is 0.507 e. The van der Waals surface area contributed by atoms with E-state index in [1.54, 1.807) is 12.1 Å². The summed E-state index contributed by atoms with van der Waals surface area (Å²) in [6.07, 6.45) is 0.739. The van der Waals surface area contributed by atoms with Crippen molar-refractivity contribution < 1.29 is 14.6 Å². The number of pyridine rings is 1. The third kappa shape index (κ3) is 2.20. The van der Waals surface area contributed by atoms with Gasteiger partial charge < -0.3 is 9.84 Å². The summed E-state index contributed by atoms with van der Waals surface area (Å²) >= 11 is 0. The Morgan fingerprint density at radius 1 is 1.47 bits per heavy atom. The van der Waals surface area contributed by atoms with Crippen LogP contribution in [0, 0.1) is 11.3 Å². The van der Waals surface area contributed by atoms with E-state index in [0.29, 0.717) is 16.5 Å². The second kappa shape index (κ2) is 4.94. The SMILES string of the molecule is CCc1cc(C#N)c2nc(C(=O)OC)cc(O)c2c1. The van der Waals surface area contributed by atoms with Gasteiger partial charge in [0, 0.05) is 11.5 Å². The van der Waals surface area contributed by atoms with Gasteiger partial charge in [0.2, 0.25) is 0 Å². The molecular weight excluding hydrogens is 244 g/mol. The van der Waals surface area contributed by atoms with Gasteiger partial charge in [-0.05, 0) is 24.1 Å². The molecule has 2 aromatic rings. The molecule has 19 heavy (non-hydrogen) atoms. The summed E-state index contributed by atoms with van der Waals surface area (Å²) in [5.74, 6) is -0.738. The van der Waals surface area contributed by atoms with Gasteiger partial charge in [-0.1, -0.05) is 6.92 Å². The van der Waals surface area contributed by atoms with Crippen LogP contribution in [-0.2, 0) is 11.2 Å². The van der Waals surface area contributed by atoms with Gasteiger partial charge in [-0.25, -0.2) is 9.78 Å². The third-order valence-corrected chi connectivity index (χ3v) is 2.87. The number of carbonyl (C=O) groups is 1. The van der Waals surface area contributed by atoms with E-state index in [1.807, 2.05) is 13.0 Å². The zero-order chi connectivity index (χ0) is 14.0. The van der Waals surface area contributed by atoms with E-state index < -0.39 is 5.97 Å². The Balaban J connectivity index is 2.81. The first kappa shape index (κ1) is 12.8. The summed E-state index contributed by atoms with van der Waals surface area (Å²) in [6, 6.07) is 6.74. The molecule has 1 heterocycles. The fourth-order valence-corrected chi connectivity index (χ4v) is 1.87. The topological polar surface area (TPSA) is 83.2 Å². The minimum Gasteiger partial charge on any atom is -0.507 e. The van der Waals surface area contributed by atoms with Crippen molar-refractivity contribution in [2.45, 2.75) is 13.3 Å². The van der Waals surface area contributed by atoms with Crippen LogP contribution in [0.1, 0.15) is 28.5 Å². The maximum Gasteiger partial charge on any atom is 0.356 e. The zero-order valence-electron chi connectivity index (χ0n) is 10.6. The van der Waals surface area contributed by atoms with Crippen LogP contribution in [0.4, 0.5) is 0 Å². The van der Waals surface area contributed by atoms with Crippen LogP contribution in [0.5, 0.6) is 5.75 Å². The number of nitrogens with zero attached hydrogens (tertiary/aromatic N) is 2. The average molecular weight is 256 g/mol. The third-order valence-electron chi connectivity index (χ3n) is 2.87. The number of hydrogen-bond donors (Lipinski definition) is 1. The Morgan fingerprint density at radius 2 is 2.21 bits per heavy atom. The number of carbonyl (C=O) groups excluding carboxylic acids is 1. The Kier molecular flexibility index (Phi) is 3.34. The zero-order valence-corrected chi connectivity index (χ0v) is 10.6. The molecule has 0 aliphatic carbocycles. The highest BCUT2D eigenvalue weighted by Crippen LogP contribution is 2.28. The van der Waals surface area contributed by atoms with E-state index in [1.165, 1.54) is 13.2 Å². The van der Waals surface area contributed by atoms with Gasteiger partial charge in [-0.15, -0.1) is 0 Å². The monoisotopic (exact) mass is 256 g/mol. The van der Waals surface area contributed by atoms with Crippen LogP contribution in [-0.4, -0.2) is 23.2 Å². The maximum atomic E-state index is 11.5. The molecule has 0 saturated heterocycles. The van der Waals surface area contributed by atoms with Crippen molar-refractivity contribution in [1.82, 2.24) is 4.98 Å². The van der Waals surface area contributed by atoms with Crippen LogP contribution in [0.15, 0.2) is 18.2 Å². The molecule has 2 rings (SSSR count). The first-order valence-electron chi connectivity index (χ1n) is 5.75. The molecule has 1 aromatic heterocycles. The van der Waals surface area contributed by atoms with Gasteiger partial charge in [-0.2, -0.15) is 5.26 Å². The minimum atomic E-state index is -0.652. The molecule has 96 valence electrons. The quantitative estimate of drug-likeness (QED) is 0.832. The van der Waals surface area contributed by atoms with Crippen molar-refractivity contribution in [3.05, 3.63) is 35.0 Å². The number of methoxy groups -OCH3 is 1. The van der Waals surface area contributed by atoms with Crippen LogP contribution < -0.4 is 0 Å². The number of nitriles is 1. The Bertz CT molecular complexity index is 702. The lowest BCUT2D eigenvalue weighted by molar-refractivity contribution is 0.0594. The molecule has 0 aliphatic heterocycles. The van der Waals surface area contributed by atoms with Crippen LogP contribution in [0.3, 0.4) is 0 Å². The van der Waals surface area contributed by atoms with E-state index in [9.17, 15) is 9.90 Å². The van der Waals surface area contributed by atoms with Crippen molar-refractivity contribution >= 4 is 16.9 Å². The van der Waals surface area contributed by atoms with E-state index in [4.69, 9.17) is 5.26 Å². The van der Waals surface area contributed by atoms with Gasteiger partial charge in [0.05, 0.1) is 18.2 Å². The fourth-order valence-electron chi connectivity index (χ4n) is 1.87. The molecule has 0 aliphatic rings. The van der Waals surface area contributed by atoms with Gasteiger partial charge in [0.25, 0.3) is 0 Å². The summed E-state index contributed by atoms with van der Waals surface area (Å²) in [7, 11) is 1.23. The number of benzene rings is 1. The average Bonchev–Trinajstić information content (AvgIpc) is 2.45. The van der Waals surface area contributed by atoms with Gasteiger partial charge in [0.15, 0.2) is 5.69 Å². The summed E-state index contributed by atoms with van der Waals surface area (Å²) in [5.41, 5.74) is 1.54. The van der Waals surface area contributed by atoms with E-state index in [-0.39, 0.29) is 11.4 Å². The predicted molar refractivity (Wildman–Crippen MR) is 68.8 cm³/mol. The van der Waals surface area contributed by atoms with Gasteiger partial charge in [-0.3, -0.25) is 0 Å². The lowest BCUT2D eigenvalue weighted by Crippen LogP contribution is -2.05. The van der Waals surface area contributed by atoms with Gasteiger partial charge >= 0.3 is 5.97 Å². The molecule has 0 spiro atoms. The van der Waals surface area contributed by atoms with E-state index >= 15 is 0 Å². The number of rotatable bonds is 2. The highest BCUT2D eigenvalue weighted by molar-refractivity contribution is 5.96. The summed E-state index contributed by atoms with van der Waals surface area (Å²) in [4.78, 5) is 15.5. The predicted octanol–water partition coefficient (Wildman–Crippen LogP) is 2.16. The molecule has 0 bridgehead atoms. The molecule has 0 unspecified atom stereocenters. The van der Waals surface area contributed by atoms with Crippen LogP contribution in [0.25, 0.3) is 10.9 Å². The smallest absolute Gasteiger partial charge is 0.356 e. The Hall–Kier alpha value is -2.61. The highest BCUT2D eigenvalue weighted by atomic mass is 16.5. The van der Waals surface area contributed by atoms with Crippen molar-refractivity contribution in [3.8, 4) is 11.8 Å². The molecule has 0 atom stereocenters. The van der Waals surface area contributed by atoms with Crippen molar-refractivity contribution in [2.75, 3.05) is 7.11 Å². The lowest BCUT2D eigenvalue weighted by atomic mass is 10.0. The standard InChI is InChI=1S/C14H12N2O3/c1-3-8-4-9(7-15)13-10(5-8)12(17)6-11(16-13)14(18)19-2/h4-6H,3H2,1-2H3,(H,16,17). The summed E-state index contributed by atoms with van der Waals surface area (Å²) in [5, 5.41) is 19.6. The molecule has 5 heteroatoms. The molecule has 0 amide bonds.